The first kappa shape index (κ1) is 12.6. The van der Waals surface area contributed by atoms with Gasteiger partial charge in [-0.3, -0.25) is 15.0 Å². The van der Waals surface area contributed by atoms with E-state index in [1.54, 1.807) is 24.4 Å². The Kier molecular flexibility index (Phi) is 3.31. The second-order valence-electron chi connectivity index (χ2n) is 3.92. The van der Waals surface area contributed by atoms with E-state index in [2.05, 4.69) is 24.9 Å². The lowest BCUT2D eigenvalue weighted by atomic mass is 10.5. The van der Waals surface area contributed by atoms with Crippen LogP contribution in [-0.4, -0.2) is 24.9 Å². The third-order valence-electron chi connectivity index (χ3n) is 2.72. The summed E-state index contributed by atoms with van der Waals surface area (Å²) in [5, 5.41) is 0. The van der Waals surface area contributed by atoms with Crippen LogP contribution in [0, 0.1) is 0 Å². The highest BCUT2D eigenvalue weighted by atomic mass is 31.2. The highest BCUT2D eigenvalue weighted by Crippen LogP contribution is 2.39. The van der Waals surface area contributed by atoms with Gasteiger partial charge in [0.05, 0.1) is 12.4 Å². The zero-order valence-corrected chi connectivity index (χ0v) is 11.3. The Morgan fingerprint density at radius 1 is 0.700 bits per heavy atom. The molecule has 98 valence electrons. The molecule has 0 fully saturated rings. The molecule has 0 spiro atoms. The quantitative estimate of drug-likeness (QED) is 0.643. The minimum Gasteiger partial charge on any atom is -0.304 e. The summed E-state index contributed by atoms with van der Waals surface area (Å²) in [7, 11) is -3.23. The zero-order chi connectivity index (χ0) is 13.8. The largest absolute Gasteiger partial charge is 0.304 e. The predicted molar refractivity (Wildman–Crippen MR) is 74.8 cm³/mol. The summed E-state index contributed by atoms with van der Waals surface area (Å²) in [6, 6.07) is 5.24. The molecule has 0 amide bonds. The Bertz CT molecular complexity index is 633. The van der Waals surface area contributed by atoms with Gasteiger partial charge in [-0.2, -0.15) is 0 Å². The SMILES string of the molecule is O=P(c1ccccn1)(c1cnccn1)c1cnccn1. The number of hydrogen-bond acceptors (Lipinski definition) is 6. The Balaban J connectivity index is 2.27. The van der Waals surface area contributed by atoms with E-state index < -0.39 is 7.14 Å². The van der Waals surface area contributed by atoms with Crippen molar-refractivity contribution in [1.82, 2.24) is 24.9 Å². The fourth-order valence-corrected chi connectivity index (χ4v) is 3.95. The average Bonchev–Trinajstić information content (AvgIpc) is 2.56. The number of aromatic nitrogens is 5. The summed E-state index contributed by atoms with van der Waals surface area (Å²) >= 11 is 0. The molecule has 6 nitrogen and oxygen atoms in total. The number of nitrogens with zero attached hydrogens (tertiary/aromatic N) is 5. The third kappa shape index (κ3) is 2.10. The molecule has 0 aromatic carbocycles. The minimum absolute atomic E-state index is 0.346. The smallest absolute Gasteiger partial charge is 0.226 e. The lowest BCUT2D eigenvalue weighted by Crippen LogP contribution is -2.30. The van der Waals surface area contributed by atoms with Gasteiger partial charge < -0.3 is 4.57 Å². The lowest BCUT2D eigenvalue weighted by Gasteiger charge is -2.15. The van der Waals surface area contributed by atoms with Crippen LogP contribution in [0.4, 0.5) is 0 Å². The second-order valence-corrected chi connectivity index (χ2v) is 6.52. The maximum Gasteiger partial charge on any atom is 0.226 e. The first-order valence-electron chi connectivity index (χ1n) is 5.86. The maximum absolute atomic E-state index is 13.6. The van der Waals surface area contributed by atoms with Gasteiger partial charge >= 0.3 is 0 Å². The van der Waals surface area contributed by atoms with Crippen LogP contribution < -0.4 is 16.3 Å². The predicted octanol–water partition coefficient (Wildman–Crippen LogP) is 0.301. The molecule has 0 saturated heterocycles. The van der Waals surface area contributed by atoms with E-state index in [0.29, 0.717) is 16.3 Å². The molecule has 20 heavy (non-hydrogen) atoms. The normalized spacial score (nSPS) is 11.2. The summed E-state index contributed by atoms with van der Waals surface area (Å²) in [5.41, 5.74) is 1.11. The standard InChI is InChI=1S/C13H10N5OP/c19-20(11-3-1-2-4-16-11,12-9-14-5-7-17-12)13-10-15-6-8-18-13/h1-10H. The third-order valence-corrected chi connectivity index (χ3v) is 5.38. The van der Waals surface area contributed by atoms with Gasteiger partial charge in [-0.15, -0.1) is 0 Å². The molecule has 3 heterocycles. The lowest BCUT2D eigenvalue weighted by molar-refractivity contribution is 0.590. The highest BCUT2D eigenvalue weighted by molar-refractivity contribution is 7.84. The second kappa shape index (κ2) is 5.27. The molecule has 3 aromatic heterocycles. The van der Waals surface area contributed by atoms with Crippen molar-refractivity contribution in [3.63, 3.8) is 0 Å². The molecule has 0 atom stereocenters. The van der Waals surface area contributed by atoms with Crippen LogP contribution >= 0.6 is 7.14 Å². The number of pyridine rings is 1. The van der Waals surface area contributed by atoms with Gasteiger partial charge in [0.2, 0.25) is 7.14 Å². The Morgan fingerprint density at radius 3 is 1.75 bits per heavy atom. The molecule has 0 N–H and O–H groups in total. The molecular weight excluding hydrogens is 273 g/mol. The van der Waals surface area contributed by atoms with Crippen molar-refractivity contribution in [2.24, 2.45) is 0 Å². The highest BCUT2D eigenvalue weighted by Gasteiger charge is 2.34. The van der Waals surface area contributed by atoms with Crippen molar-refractivity contribution < 1.29 is 4.57 Å². The maximum atomic E-state index is 13.6. The van der Waals surface area contributed by atoms with Crippen LogP contribution in [0.2, 0.25) is 0 Å². The minimum atomic E-state index is -3.23. The van der Waals surface area contributed by atoms with Crippen molar-refractivity contribution >= 4 is 23.4 Å². The Labute approximate surface area is 115 Å². The monoisotopic (exact) mass is 283 g/mol. The van der Waals surface area contributed by atoms with Crippen molar-refractivity contribution in [2.45, 2.75) is 0 Å². The summed E-state index contributed by atoms with van der Waals surface area (Å²) in [6.07, 6.45) is 10.6. The molecule has 0 radical (unpaired) electrons. The fraction of sp³-hybridized carbons (Fsp3) is 0. The van der Waals surface area contributed by atoms with Crippen molar-refractivity contribution in [3.05, 3.63) is 61.6 Å². The van der Waals surface area contributed by atoms with Crippen LogP contribution in [0.3, 0.4) is 0 Å². The summed E-state index contributed by atoms with van der Waals surface area (Å²) in [4.78, 5) is 20.5. The Hall–Kier alpha value is -2.46. The van der Waals surface area contributed by atoms with Gasteiger partial charge in [0.15, 0.2) is 0 Å². The topological polar surface area (TPSA) is 81.5 Å². The average molecular weight is 283 g/mol. The molecule has 0 unspecified atom stereocenters. The van der Waals surface area contributed by atoms with E-state index in [1.165, 1.54) is 37.2 Å². The summed E-state index contributed by atoms with van der Waals surface area (Å²) in [6.45, 7) is 0. The molecule has 7 heteroatoms. The van der Waals surface area contributed by atoms with Gasteiger partial charge in [0, 0.05) is 31.0 Å². The van der Waals surface area contributed by atoms with Crippen LogP contribution in [-0.2, 0) is 4.57 Å². The molecule has 0 aliphatic rings. The van der Waals surface area contributed by atoms with E-state index in [1.807, 2.05) is 0 Å². The Morgan fingerprint density at radius 2 is 1.30 bits per heavy atom. The number of rotatable bonds is 3. The van der Waals surface area contributed by atoms with E-state index >= 15 is 0 Å². The van der Waals surface area contributed by atoms with Crippen LogP contribution in [0.1, 0.15) is 0 Å². The van der Waals surface area contributed by atoms with Gasteiger partial charge in [-0.25, -0.2) is 9.97 Å². The molecule has 0 bridgehead atoms. The number of hydrogen-bond donors (Lipinski definition) is 0. The van der Waals surface area contributed by atoms with E-state index in [-0.39, 0.29) is 0 Å². The van der Waals surface area contributed by atoms with Crippen LogP contribution in [0.15, 0.2) is 61.6 Å². The molecule has 0 aliphatic heterocycles. The van der Waals surface area contributed by atoms with Crippen molar-refractivity contribution in [2.75, 3.05) is 0 Å². The van der Waals surface area contributed by atoms with Gasteiger partial charge in [-0.05, 0) is 12.1 Å². The molecule has 0 saturated carbocycles. The van der Waals surface area contributed by atoms with E-state index in [9.17, 15) is 4.57 Å². The van der Waals surface area contributed by atoms with Crippen LogP contribution in [0.5, 0.6) is 0 Å². The first-order chi connectivity index (χ1) is 9.82. The van der Waals surface area contributed by atoms with E-state index in [4.69, 9.17) is 0 Å². The van der Waals surface area contributed by atoms with Crippen molar-refractivity contribution in [3.8, 4) is 0 Å². The zero-order valence-electron chi connectivity index (χ0n) is 10.4. The van der Waals surface area contributed by atoms with Gasteiger partial charge in [0.1, 0.15) is 16.3 Å². The summed E-state index contributed by atoms with van der Waals surface area (Å²) < 4.78 is 13.6. The molecular formula is C13H10N5OP. The fourth-order valence-electron chi connectivity index (χ4n) is 1.80. The molecule has 3 rings (SSSR count). The first-order valence-corrected chi connectivity index (χ1v) is 7.57. The van der Waals surface area contributed by atoms with Crippen molar-refractivity contribution in [1.29, 1.82) is 0 Å². The molecule has 0 aliphatic carbocycles. The molecule has 3 aromatic rings. The van der Waals surface area contributed by atoms with Gasteiger partial charge in [-0.1, -0.05) is 6.07 Å². The van der Waals surface area contributed by atoms with Crippen LogP contribution in [0.25, 0.3) is 0 Å². The van der Waals surface area contributed by atoms with Gasteiger partial charge in [0.25, 0.3) is 0 Å². The van der Waals surface area contributed by atoms with E-state index in [0.717, 1.165) is 0 Å². The summed E-state index contributed by atoms with van der Waals surface area (Å²) in [5.74, 6) is 0.